The van der Waals surface area contributed by atoms with Gasteiger partial charge in [-0.2, -0.15) is 0 Å². The summed E-state index contributed by atoms with van der Waals surface area (Å²) in [5.41, 5.74) is 14.4. The van der Waals surface area contributed by atoms with Gasteiger partial charge >= 0.3 is 12.0 Å². The molecule has 0 aromatic heterocycles. The molecule has 14 nitrogen and oxygen atoms in total. The quantitative estimate of drug-likeness (QED) is 0.139. The van der Waals surface area contributed by atoms with E-state index < -0.39 is 47.4 Å². The molecule has 8 rings (SSSR count). The van der Waals surface area contributed by atoms with Gasteiger partial charge in [0.15, 0.2) is 12.0 Å². The van der Waals surface area contributed by atoms with Gasteiger partial charge in [-0.1, -0.05) is 36.8 Å². The van der Waals surface area contributed by atoms with Crippen LogP contribution in [0.3, 0.4) is 0 Å². The van der Waals surface area contributed by atoms with Gasteiger partial charge in [-0.05, 0) is 60.4 Å². The Kier molecular flexibility index (Phi) is 5.82. The molecule has 45 heavy (non-hydrogen) atoms. The second-order valence-electron chi connectivity index (χ2n) is 13.0. The lowest BCUT2D eigenvalue weighted by Gasteiger charge is -2.46. The van der Waals surface area contributed by atoms with E-state index >= 15 is 0 Å². The number of hydrogen-bond acceptors (Lipinski definition) is 10. The number of fused-ring (bicyclic) bond motifs is 2. The Morgan fingerprint density at radius 1 is 1.09 bits per heavy atom. The van der Waals surface area contributed by atoms with E-state index in [2.05, 4.69) is 26.7 Å². The van der Waals surface area contributed by atoms with E-state index in [1.165, 1.54) is 21.8 Å². The molecule has 2 aromatic carbocycles. The summed E-state index contributed by atoms with van der Waals surface area (Å²) in [6, 6.07) is 11.1. The number of imide groups is 1. The fraction of sp³-hybridized carbons (Fsp3) is 0.452. The monoisotopic (exact) mass is 614 g/mol. The lowest BCUT2D eigenvalue weighted by atomic mass is 9.65. The van der Waals surface area contributed by atoms with Crippen molar-refractivity contribution < 1.29 is 29.6 Å². The van der Waals surface area contributed by atoms with Crippen molar-refractivity contribution in [3.8, 4) is 0 Å². The number of hydrogen-bond donors (Lipinski definition) is 7. The van der Waals surface area contributed by atoms with Crippen LogP contribution < -0.4 is 32.0 Å². The van der Waals surface area contributed by atoms with Gasteiger partial charge in [-0.3, -0.25) is 35.0 Å². The SMILES string of the molecule is NC1=N[C@@H](CN2C(=O)CN(c3ccccc3)C2=O)[C@@H]2[NH+]=C(N)N[C@]23N1CC(NC(=O)c1cccc2c1CCC21CCC1)C3(O)O. The van der Waals surface area contributed by atoms with Crippen LogP contribution >= 0.6 is 0 Å². The van der Waals surface area contributed by atoms with Crippen LogP contribution in [0.2, 0.25) is 0 Å². The average Bonchev–Trinajstić information content (AvgIpc) is 3.71. The first kappa shape index (κ1) is 27.8. The minimum absolute atomic E-state index is 0.0380. The standard InChI is InChI=1S/C31H35N9O5/c32-26-36-24-21(14-39-23(41)16-38(28(39)43)17-6-2-1-3-7-17)34-27(33)40-15-22(31(44,45)30(24,40)37-26)35-25(42)19-8-4-9-20-18(19)10-13-29(20)11-5-12-29/h1-4,6-9,21-22,24,44-45H,5,10-16H2,(H2,33,34)(H,35,42)(H3,32,36,37)/p+1/t21-,22?,24-,30-/m0/s1. The molecule has 4 heterocycles. The summed E-state index contributed by atoms with van der Waals surface area (Å²) in [6.07, 6.45) is 5.25. The second kappa shape index (κ2) is 9.41. The summed E-state index contributed by atoms with van der Waals surface area (Å²) < 4.78 is 0. The van der Waals surface area contributed by atoms with Crippen LogP contribution in [0.1, 0.15) is 47.2 Å². The topological polar surface area (TPSA) is 204 Å². The van der Waals surface area contributed by atoms with E-state index in [0.29, 0.717) is 11.3 Å². The zero-order valence-corrected chi connectivity index (χ0v) is 24.6. The molecule has 2 saturated heterocycles. The van der Waals surface area contributed by atoms with E-state index in [4.69, 9.17) is 11.5 Å². The van der Waals surface area contributed by atoms with Gasteiger partial charge in [-0.25, -0.2) is 15.1 Å². The number of aliphatic hydroxyl groups is 2. The summed E-state index contributed by atoms with van der Waals surface area (Å²) >= 11 is 0. The Morgan fingerprint density at radius 3 is 2.60 bits per heavy atom. The van der Waals surface area contributed by atoms with Gasteiger partial charge in [-0.15, -0.1) is 0 Å². The molecule has 4 amide bonds. The number of guanidine groups is 2. The van der Waals surface area contributed by atoms with Crippen molar-refractivity contribution in [2.45, 2.75) is 67.1 Å². The number of rotatable bonds is 5. The molecule has 14 heteroatoms. The normalized spacial score (nSPS) is 30.4. The molecule has 2 aromatic rings. The van der Waals surface area contributed by atoms with Gasteiger partial charge in [0.2, 0.25) is 5.79 Å². The van der Waals surface area contributed by atoms with Crippen LogP contribution in [-0.4, -0.2) is 99.0 Å². The Bertz CT molecular complexity index is 1690. The number of amides is 4. The molecule has 2 aliphatic carbocycles. The van der Waals surface area contributed by atoms with Crippen LogP contribution in [0.4, 0.5) is 10.5 Å². The maximum atomic E-state index is 13.8. The van der Waals surface area contributed by atoms with Crippen molar-refractivity contribution in [1.29, 1.82) is 0 Å². The van der Waals surface area contributed by atoms with Crippen molar-refractivity contribution in [2.24, 2.45) is 16.5 Å². The third-order valence-corrected chi connectivity index (χ3v) is 10.8. The Morgan fingerprint density at radius 2 is 1.87 bits per heavy atom. The molecule has 1 unspecified atom stereocenters. The zero-order valence-electron chi connectivity index (χ0n) is 24.6. The summed E-state index contributed by atoms with van der Waals surface area (Å²) in [5, 5.41) is 29.6. The van der Waals surface area contributed by atoms with Gasteiger partial charge < -0.3 is 21.3 Å². The molecule has 9 N–H and O–H groups in total. The first-order valence-corrected chi connectivity index (χ1v) is 15.4. The first-order valence-electron chi connectivity index (χ1n) is 15.4. The fourth-order valence-corrected chi connectivity index (χ4v) is 8.46. The summed E-state index contributed by atoms with van der Waals surface area (Å²) in [7, 11) is 0. The predicted molar refractivity (Wildman–Crippen MR) is 162 cm³/mol. The number of carbonyl (C=O) groups excluding carboxylic acids is 3. The van der Waals surface area contributed by atoms with E-state index in [0.717, 1.165) is 36.1 Å². The molecule has 6 aliphatic rings. The van der Waals surface area contributed by atoms with Gasteiger partial charge in [0.05, 0.1) is 13.1 Å². The summed E-state index contributed by atoms with van der Waals surface area (Å²) in [6.45, 7) is -0.407. The minimum Gasteiger partial charge on any atom is -0.370 e. The highest BCUT2D eigenvalue weighted by Gasteiger charge is 2.76. The molecule has 0 radical (unpaired) electrons. The number of nitrogens with two attached hydrogens (primary N) is 2. The van der Waals surface area contributed by atoms with Crippen molar-refractivity contribution in [3.63, 3.8) is 0 Å². The third-order valence-electron chi connectivity index (χ3n) is 10.8. The number of nitrogens with one attached hydrogen (secondary N) is 3. The minimum atomic E-state index is -2.61. The Hall–Kier alpha value is -4.69. The van der Waals surface area contributed by atoms with E-state index in [1.807, 2.05) is 12.1 Å². The van der Waals surface area contributed by atoms with Crippen LogP contribution in [0.25, 0.3) is 0 Å². The highest BCUT2D eigenvalue weighted by atomic mass is 16.5. The predicted octanol–water partition coefficient (Wildman–Crippen LogP) is -2.62. The smallest absolute Gasteiger partial charge is 0.343 e. The van der Waals surface area contributed by atoms with E-state index in [-0.39, 0.29) is 37.0 Å². The van der Waals surface area contributed by atoms with Gasteiger partial charge in [0.25, 0.3) is 17.5 Å². The lowest BCUT2D eigenvalue weighted by Crippen LogP contribution is -2.90. The highest BCUT2D eigenvalue weighted by molar-refractivity contribution is 6.12. The van der Waals surface area contributed by atoms with Crippen molar-refractivity contribution in [3.05, 3.63) is 65.2 Å². The molecule has 2 spiro atoms. The number of aliphatic imine (C=N–C) groups is 1. The molecule has 0 bridgehead atoms. The second-order valence-corrected chi connectivity index (χ2v) is 13.0. The Labute approximate surface area is 258 Å². The maximum Gasteiger partial charge on any atom is 0.343 e. The van der Waals surface area contributed by atoms with Crippen molar-refractivity contribution in [1.82, 2.24) is 20.4 Å². The zero-order chi connectivity index (χ0) is 31.3. The maximum absolute atomic E-state index is 13.8. The van der Waals surface area contributed by atoms with E-state index in [1.54, 1.807) is 30.3 Å². The van der Waals surface area contributed by atoms with Crippen LogP contribution in [0, 0.1) is 0 Å². The Balaban J connectivity index is 1.07. The summed E-state index contributed by atoms with van der Waals surface area (Å²) in [5.74, 6) is -3.45. The summed E-state index contributed by atoms with van der Waals surface area (Å²) in [4.78, 5) is 51.7. The van der Waals surface area contributed by atoms with Crippen molar-refractivity contribution in [2.75, 3.05) is 24.5 Å². The number of nitrogens with zero attached hydrogens (tertiary/aromatic N) is 4. The number of benzene rings is 2. The number of anilines is 1. The third kappa shape index (κ3) is 3.72. The van der Waals surface area contributed by atoms with Crippen molar-refractivity contribution >= 4 is 35.5 Å². The molecule has 4 aliphatic heterocycles. The van der Waals surface area contributed by atoms with E-state index in [9.17, 15) is 24.6 Å². The van der Waals surface area contributed by atoms with Crippen LogP contribution in [0.15, 0.2) is 53.5 Å². The fourth-order valence-electron chi connectivity index (χ4n) is 8.46. The van der Waals surface area contributed by atoms with Gasteiger partial charge in [0, 0.05) is 11.3 Å². The first-order chi connectivity index (χ1) is 21.6. The molecule has 4 atom stereocenters. The van der Waals surface area contributed by atoms with Crippen LogP contribution in [0.5, 0.6) is 0 Å². The average molecular weight is 615 g/mol. The highest BCUT2D eigenvalue weighted by Crippen LogP contribution is 2.53. The molecule has 1 saturated carbocycles. The number of para-hydroxylation sites is 1. The number of carbonyl (C=O) groups is 3. The molecular weight excluding hydrogens is 578 g/mol. The lowest BCUT2D eigenvalue weighted by molar-refractivity contribution is -0.521. The molecular formula is C31H36N9O5+. The van der Waals surface area contributed by atoms with Gasteiger partial charge in [0.1, 0.15) is 18.6 Å². The largest absolute Gasteiger partial charge is 0.370 e. The number of urea groups is 1. The molecule has 234 valence electrons. The molecule has 3 fully saturated rings. The van der Waals surface area contributed by atoms with Crippen LogP contribution in [-0.2, 0) is 16.6 Å².